The lowest BCUT2D eigenvalue weighted by atomic mass is 9.99. The quantitative estimate of drug-likeness (QED) is 0.618. The fourth-order valence-electron chi connectivity index (χ4n) is 2.20. The molecule has 0 amide bonds. The van der Waals surface area contributed by atoms with E-state index >= 15 is 0 Å². The average Bonchev–Trinajstić information content (AvgIpc) is 2.32. The van der Waals surface area contributed by atoms with Gasteiger partial charge in [-0.25, -0.2) is 0 Å². The minimum Gasteiger partial charge on any atom is -0.399 e. The molecule has 2 heteroatoms. The number of aryl methyl sites for hydroxylation is 1. The lowest BCUT2D eigenvalue weighted by Crippen LogP contribution is -1.96. The lowest BCUT2D eigenvalue weighted by molar-refractivity contribution is 0.718. The molecule has 0 aliphatic carbocycles. The summed E-state index contributed by atoms with van der Waals surface area (Å²) in [5, 5.41) is 2.25. The van der Waals surface area contributed by atoms with Crippen molar-refractivity contribution in [2.24, 2.45) is 0 Å². The molecule has 4 N–H and O–H groups in total. The second-order valence-electron chi connectivity index (χ2n) is 4.58. The minimum atomic E-state index is 0.788. The predicted octanol–water partition coefficient (Wildman–Crippen LogP) is 3.74. The van der Waals surface area contributed by atoms with Gasteiger partial charge in [-0.3, -0.25) is 0 Å². The molecule has 2 rings (SSSR count). The maximum Gasteiger partial charge on any atom is 0.0426 e. The Bertz CT molecular complexity index is 518. The Balaban J connectivity index is 2.33. The number of fused-ring (bicyclic) bond motifs is 1. The van der Waals surface area contributed by atoms with E-state index in [2.05, 4.69) is 19.1 Å². The molecule has 0 fully saturated rings. The molecule has 0 radical (unpaired) electrons. The second kappa shape index (κ2) is 5.09. The van der Waals surface area contributed by atoms with Gasteiger partial charge in [-0.05, 0) is 35.9 Å². The van der Waals surface area contributed by atoms with Gasteiger partial charge < -0.3 is 11.5 Å². The molecule has 2 aromatic rings. The highest BCUT2D eigenvalue weighted by molar-refractivity contribution is 5.96. The SMILES string of the molecule is CCCCCc1ccc2cc(N)ccc2c1N. The molecular weight excluding hydrogens is 208 g/mol. The van der Waals surface area contributed by atoms with Crippen LogP contribution in [0, 0.1) is 0 Å². The molecule has 0 atom stereocenters. The zero-order chi connectivity index (χ0) is 12.3. The fraction of sp³-hybridized carbons (Fsp3) is 0.333. The van der Waals surface area contributed by atoms with Crippen LogP contribution in [0.3, 0.4) is 0 Å². The minimum absolute atomic E-state index is 0.788. The first-order chi connectivity index (χ1) is 8.22. The van der Waals surface area contributed by atoms with E-state index in [-0.39, 0.29) is 0 Å². The molecule has 0 aliphatic rings. The highest BCUT2D eigenvalue weighted by Crippen LogP contribution is 2.27. The summed E-state index contributed by atoms with van der Waals surface area (Å²) in [6.07, 6.45) is 4.78. The summed E-state index contributed by atoms with van der Waals surface area (Å²) in [7, 11) is 0. The molecule has 0 unspecified atom stereocenters. The largest absolute Gasteiger partial charge is 0.399 e. The van der Waals surface area contributed by atoms with Crippen molar-refractivity contribution in [2.45, 2.75) is 32.6 Å². The summed E-state index contributed by atoms with van der Waals surface area (Å²) in [6.45, 7) is 2.21. The van der Waals surface area contributed by atoms with E-state index in [4.69, 9.17) is 11.5 Å². The van der Waals surface area contributed by atoms with Crippen molar-refractivity contribution < 1.29 is 0 Å². The molecule has 0 spiro atoms. The van der Waals surface area contributed by atoms with Crippen LogP contribution in [0.1, 0.15) is 31.7 Å². The van der Waals surface area contributed by atoms with Crippen LogP contribution in [0.25, 0.3) is 10.8 Å². The third-order valence-electron chi connectivity index (χ3n) is 3.23. The first-order valence-electron chi connectivity index (χ1n) is 6.29. The number of nitrogen functional groups attached to an aromatic ring is 2. The Morgan fingerprint density at radius 1 is 1.00 bits per heavy atom. The maximum atomic E-state index is 6.21. The summed E-state index contributed by atoms with van der Waals surface area (Å²) in [6, 6.07) is 10.1. The monoisotopic (exact) mass is 228 g/mol. The summed E-state index contributed by atoms with van der Waals surface area (Å²) in [4.78, 5) is 0. The van der Waals surface area contributed by atoms with Gasteiger partial charge in [0.05, 0.1) is 0 Å². The highest BCUT2D eigenvalue weighted by Gasteiger charge is 2.04. The van der Waals surface area contributed by atoms with E-state index in [0.717, 1.165) is 28.6 Å². The summed E-state index contributed by atoms with van der Waals surface area (Å²) in [5.41, 5.74) is 14.9. The van der Waals surface area contributed by atoms with Crippen LogP contribution in [0.5, 0.6) is 0 Å². The average molecular weight is 228 g/mol. The van der Waals surface area contributed by atoms with Crippen LogP contribution in [0.4, 0.5) is 11.4 Å². The number of anilines is 2. The molecule has 0 saturated heterocycles. The standard InChI is InChI=1S/C15H20N2/c1-2-3-4-5-11-6-7-12-10-13(16)8-9-14(12)15(11)17/h6-10H,2-5,16-17H2,1H3. The Kier molecular flexibility index (Phi) is 3.52. The van der Waals surface area contributed by atoms with E-state index < -0.39 is 0 Å². The number of hydrogen-bond donors (Lipinski definition) is 2. The molecule has 90 valence electrons. The second-order valence-corrected chi connectivity index (χ2v) is 4.58. The van der Waals surface area contributed by atoms with Crippen LogP contribution in [0.2, 0.25) is 0 Å². The van der Waals surface area contributed by atoms with Crippen molar-refractivity contribution in [1.29, 1.82) is 0 Å². The van der Waals surface area contributed by atoms with E-state index in [1.807, 2.05) is 18.2 Å². The molecule has 0 aromatic heterocycles. The van der Waals surface area contributed by atoms with Crippen molar-refractivity contribution in [3.63, 3.8) is 0 Å². The smallest absolute Gasteiger partial charge is 0.0426 e. The first-order valence-corrected chi connectivity index (χ1v) is 6.29. The van der Waals surface area contributed by atoms with Crippen LogP contribution >= 0.6 is 0 Å². The van der Waals surface area contributed by atoms with Crippen molar-refractivity contribution >= 4 is 22.1 Å². The highest BCUT2D eigenvalue weighted by atomic mass is 14.6. The van der Waals surface area contributed by atoms with Crippen LogP contribution in [-0.2, 0) is 6.42 Å². The van der Waals surface area contributed by atoms with Gasteiger partial charge in [0.25, 0.3) is 0 Å². The molecule has 0 aliphatic heterocycles. The Labute approximate surface area is 103 Å². The number of benzene rings is 2. The third kappa shape index (κ3) is 2.52. The Morgan fingerprint density at radius 2 is 1.82 bits per heavy atom. The lowest BCUT2D eigenvalue weighted by Gasteiger charge is -2.09. The first kappa shape index (κ1) is 11.8. The van der Waals surface area contributed by atoms with Crippen molar-refractivity contribution in [2.75, 3.05) is 11.5 Å². The zero-order valence-electron chi connectivity index (χ0n) is 10.4. The van der Waals surface area contributed by atoms with Crippen molar-refractivity contribution in [1.82, 2.24) is 0 Å². The van der Waals surface area contributed by atoms with Crippen LogP contribution in [-0.4, -0.2) is 0 Å². The number of nitrogens with two attached hydrogens (primary N) is 2. The Morgan fingerprint density at radius 3 is 2.59 bits per heavy atom. The van der Waals surface area contributed by atoms with Gasteiger partial charge in [0.2, 0.25) is 0 Å². The molecule has 0 bridgehead atoms. The van der Waals surface area contributed by atoms with Crippen molar-refractivity contribution in [3.8, 4) is 0 Å². The van der Waals surface area contributed by atoms with E-state index in [9.17, 15) is 0 Å². The van der Waals surface area contributed by atoms with Crippen LogP contribution in [0.15, 0.2) is 30.3 Å². The number of rotatable bonds is 4. The summed E-state index contributed by atoms with van der Waals surface area (Å²) in [5.74, 6) is 0. The molecule has 0 heterocycles. The summed E-state index contributed by atoms with van der Waals surface area (Å²) >= 11 is 0. The van der Waals surface area contributed by atoms with Crippen molar-refractivity contribution in [3.05, 3.63) is 35.9 Å². The molecule has 0 saturated carbocycles. The number of unbranched alkanes of at least 4 members (excludes halogenated alkanes) is 2. The molecule has 2 nitrogen and oxygen atoms in total. The molecular formula is C15H20N2. The van der Waals surface area contributed by atoms with E-state index in [1.165, 1.54) is 24.8 Å². The van der Waals surface area contributed by atoms with Gasteiger partial charge in [-0.1, -0.05) is 38.0 Å². The fourth-order valence-corrected chi connectivity index (χ4v) is 2.20. The molecule has 17 heavy (non-hydrogen) atoms. The zero-order valence-corrected chi connectivity index (χ0v) is 10.4. The van der Waals surface area contributed by atoms with Gasteiger partial charge in [0.15, 0.2) is 0 Å². The predicted molar refractivity (Wildman–Crippen MR) is 76.0 cm³/mol. The van der Waals surface area contributed by atoms with Gasteiger partial charge in [-0.2, -0.15) is 0 Å². The van der Waals surface area contributed by atoms with Gasteiger partial charge in [0.1, 0.15) is 0 Å². The van der Waals surface area contributed by atoms with Crippen LogP contribution < -0.4 is 11.5 Å². The maximum absolute atomic E-state index is 6.21. The van der Waals surface area contributed by atoms with E-state index in [1.54, 1.807) is 0 Å². The van der Waals surface area contributed by atoms with Gasteiger partial charge >= 0.3 is 0 Å². The number of hydrogen-bond acceptors (Lipinski definition) is 2. The topological polar surface area (TPSA) is 52.0 Å². The normalized spacial score (nSPS) is 10.9. The molecule has 2 aromatic carbocycles. The Hall–Kier alpha value is -1.70. The third-order valence-corrected chi connectivity index (χ3v) is 3.23. The van der Waals surface area contributed by atoms with Gasteiger partial charge in [0, 0.05) is 16.8 Å². The summed E-state index contributed by atoms with van der Waals surface area (Å²) < 4.78 is 0. The van der Waals surface area contributed by atoms with Gasteiger partial charge in [-0.15, -0.1) is 0 Å². The van der Waals surface area contributed by atoms with E-state index in [0.29, 0.717) is 0 Å².